The fraction of sp³-hybridized carbons (Fsp3) is 0.875. The highest BCUT2D eigenvalue weighted by molar-refractivity contribution is 5.81. The van der Waals surface area contributed by atoms with Crippen molar-refractivity contribution in [3.63, 3.8) is 0 Å². The molecule has 1 unspecified atom stereocenters. The molecule has 0 aromatic heterocycles. The van der Waals surface area contributed by atoms with E-state index in [1.165, 1.54) is 0 Å². The van der Waals surface area contributed by atoms with Gasteiger partial charge in [0.05, 0.1) is 6.61 Å². The van der Waals surface area contributed by atoms with E-state index < -0.39 is 0 Å². The molecule has 1 amide bonds. The molecule has 0 radical (unpaired) electrons. The number of nitrogens with one attached hydrogen (secondary N) is 2. The van der Waals surface area contributed by atoms with Crippen molar-refractivity contribution in [1.82, 2.24) is 10.8 Å². The summed E-state index contributed by atoms with van der Waals surface area (Å²) in [5.74, 6) is -0.0431. The van der Waals surface area contributed by atoms with Crippen LogP contribution < -0.4 is 10.8 Å². The maximum absolute atomic E-state index is 11.2. The molecule has 0 heterocycles. The standard InChI is InChI=1S/C8H18N2O2/c1-5-12-10-7(4)8(11)9-6(2)3/h6-7,10H,5H2,1-4H3,(H,9,11). The molecule has 1 atom stereocenters. The van der Waals surface area contributed by atoms with Crippen molar-refractivity contribution < 1.29 is 9.63 Å². The lowest BCUT2D eigenvalue weighted by atomic mass is 10.3. The van der Waals surface area contributed by atoms with E-state index in [9.17, 15) is 4.79 Å². The second kappa shape index (κ2) is 5.97. The van der Waals surface area contributed by atoms with Crippen molar-refractivity contribution in [1.29, 1.82) is 0 Å². The lowest BCUT2D eigenvalue weighted by Crippen LogP contribution is -2.44. The Balaban J connectivity index is 3.61. The first-order chi connectivity index (χ1) is 5.57. The number of amides is 1. The Morgan fingerprint density at radius 3 is 2.42 bits per heavy atom. The van der Waals surface area contributed by atoms with Gasteiger partial charge in [-0.05, 0) is 27.7 Å². The molecule has 0 saturated heterocycles. The normalized spacial score (nSPS) is 13.1. The predicted octanol–water partition coefficient (Wildman–Crippen LogP) is 0.441. The van der Waals surface area contributed by atoms with Crippen LogP contribution in [0.3, 0.4) is 0 Å². The molecule has 0 aliphatic rings. The van der Waals surface area contributed by atoms with Crippen molar-refractivity contribution in [2.24, 2.45) is 0 Å². The molecule has 0 aliphatic heterocycles. The van der Waals surface area contributed by atoms with E-state index in [2.05, 4.69) is 10.8 Å². The number of carbonyl (C=O) groups excluding carboxylic acids is 1. The number of rotatable bonds is 5. The van der Waals surface area contributed by atoms with Crippen LogP contribution in [0.4, 0.5) is 0 Å². The van der Waals surface area contributed by atoms with Crippen molar-refractivity contribution >= 4 is 5.91 Å². The van der Waals surface area contributed by atoms with Gasteiger partial charge in [-0.2, -0.15) is 5.48 Å². The Morgan fingerprint density at radius 2 is 2.00 bits per heavy atom. The molecular weight excluding hydrogens is 156 g/mol. The monoisotopic (exact) mass is 174 g/mol. The van der Waals surface area contributed by atoms with E-state index in [4.69, 9.17) is 4.84 Å². The van der Waals surface area contributed by atoms with Gasteiger partial charge in [-0.15, -0.1) is 0 Å². The Kier molecular flexibility index (Phi) is 5.66. The predicted molar refractivity (Wildman–Crippen MR) is 47.5 cm³/mol. The number of hydrogen-bond donors (Lipinski definition) is 2. The largest absolute Gasteiger partial charge is 0.353 e. The van der Waals surface area contributed by atoms with Gasteiger partial charge in [-0.1, -0.05) is 0 Å². The zero-order chi connectivity index (χ0) is 9.56. The average molecular weight is 174 g/mol. The van der Waals surface area contributed by atoms with Crippen molar-refractivity contribution in [3.8, 4) is 0 Å². The third-order valence-electron chi connectivity index (χ3n) is 1.23. The average Bonchev–Trinajstić information content (AvgIpc) is 1.98. The number of carbonyl (C=O) groups is 1. The molecule has 4 nitrogen and oxygen atoms in total. The fourth-order valence-corrected chi connectivity index (χ4v) is 0.671. The molecule has 0 aromatic carbocycles. The van der Waals surface area contributed by atoms with Crippen molar-refractivity contribution in [2.45, 2.75) is 39.8 Å². The van der Waals surface area contributed by atoms with Crippen LogP contribution in [0.5, 0.6) is 0 Å². The number of hydroxylamine groups is 1. The third-order valence-corrected chi connectivity index (χ3v) is 1.23. The summed E-state index contributed by atoms with van der Waals surface area (Å²) in [4.78, 5) is 16.1. The smallest absolute Gasteiger partial charge is 0.239 e. The van der Waals surface area contributed by atoms with Crippen LogP contribution in [0.25, 0.3) is 0 Å². The fourth-order valence-electron chi connectivity index (χ4n) is 0.671. The summed E-state index contributed by atoms with van der Waals surface area (Å²) in [5.41, 5.74) is 2.63. The lowest BCUT2D eigenvalue weighted by Gasteiger charge is -2.14. The van der Waals surface area contributed by atoms with E-state index in [0.29, 0.717) is 6.61 Å². The van der Waals surface area contributed by atoms with Gasteiger partial charge in [0, 0.05) is 6.04 Å². The zero-order valence-electron chi connectivity index (χ0n) is 8.18. The maximum Gasteiger partial charge on any atom is 0.239 e. The molecule has 0 aromatic rings. The summed E-state index contributed by atoms with van der Waals surface area (Å²) in [6, 6.07) is -0.129. The van der Waals surface area contributed by atoms with Crippen LogP contribution in [-0.2, 0) is 9.63 Å². The summed E-state index contributed by atoms with van der Waals surface area (Å²) >= 11 is 0. The molecule has 0 saturated carbocycles. The van der Waals surface area contributed by atoms with Crippen LogP contribution in [-0.4, -0.2) is 24.6 Å². The van der Waals surface area contributed by atoms with Gasteiger partial charge in [0.15, 0.2) is 0 Å². The van der Waals surface area contributed by atoms with Gasteiger partial charge in [-0.3, -0.25) is 4.79 Å². The summed E-state index contributed by atoms with van der Waals surface area (Å²) in [7, 11) is 0. The second-order valence-electron chi connectivity index (χ2n) is 2.94. The Labute approximate surface area is 73.6 Å². The molecule has 72 valence electrons. The molecule has 0 spiro atoms. The van der Waals surface area contributed by atoms with E-state index in [1.807, 2.05) is 20.8 Å². The molecule has 2 N–H and O–H groups in total. The van der Waals surface area contributed by atoms with Crippen LogP contribution in [0, 0.1) is 0 Å². The lowest BCUT2D eigenvalue weighted by molar-refractivity contribution is -0.127. The second-order valence-corrected chi connectivity index (χ2v) is 2.94. The first-order valence-corrected chi connectivity index (χ1v) is 4.25. The highest BCUT2D eigenvalue weighted by Crippen LogP contribution is 1.85. The summed E-state index contributed by atoms with van der Waals surface area (Å²) in [5, 5.41) is 2.77. The van der Waals surface area contributed by atoms with E-state index in [0.717, 1.165) is 0 Å². The van der Waals surface area contributed by atoms with Gasteiger partial charge >= 0.3 is 0 Å². The topological polar surface area (TPSA) is 50.4 Å². The van der Waals surface area contributed by atoms with Gasteiger partial charge in [-0.25, -0.2) is 0 Å². The van der Waals surface area contributed by atoms with Crippen LogP contribution >= 0.6 is 0 Å². The van der Waals surface area contributed by atoms with Gasteiger partial charge in [0.1, 0.15) is 6.04 Å². The number of hydrogen-bond acceptors (Lipinski definition) is 3. The van der Waals surface area contributed by atoms with E-state index in [1.54, 1.807) is 6.92 Å². The van der Waals surface area contributed by atoms with Crippen LogP contribution in [0.1, 0.15) is 27.7 Å². The molecule has 0 rings (SSSR count). The summed E-state index contributed by atoms with van der Waals surface area (Å²) < 4.78 is 0. The Morgan fingerprint density at radius 1 is 1.42 bits per heavy atom. The van der Waals surface area contributed by atoms with E-state index in [-0.39, 0.29) is 18.0 Å². The summed E-state index contributed by atoms with van der Waals surface area (Å²) in [6.07, 6.45) is 0. The minimum Gasteiger partial charge on any atom is -0.353 e. The minimum atomic E-state index is -0.299. The van der Waals surface area contributed by atoms with Gasteiger partial charge < -0.3 is 10.2 Å². The molecule has 12 heavy (non-hydrogen) atoms. The first-order valence-electron chi connectivity index (χ1n) is 4.25. The van der Waals surface area contributed by atoms with Gasteiger partial charge in [0.2, 0.25) is 5.91 Å². The van der Waals surface area contributed by atoms with Crippen molar-refractivity contribution in [2.75, 3.05) is 6.61 Å². The highest BCUT2D eigenvalue weighted by atomic mass is 16.6. The molecule has 0 aliphatic carbocycles. The Bertz CT molecular complexity index is 137. The zero-order valence-corrected chi connectivity index (χ0v) is 8.18. The summed E-state index contributed by atoms with van der Waals surface area (Å²) in [6.45, 7) is 8.02. The molecule has 0 bridgehead atoms. The molecular formula is C8H18N2O2. The van der Waals surface area contributed by atoms with E-state index >= 15 is 0 Å². The van der Waals surface area contributed by atoms with Crippen molar-refractivity contribution in [3.05, 3.63) is 0 Å². The molecule has 4 heteroatoms. The maximum atomic E-state index is 11.2. The third kappa shape index (κ3) is 5.09. The highest BCUT2D eigenvalue weighted by Gasteiger charge is 2.12. The first kappa shape index (κ1) is 11.4. The molecule has 0 fully saturated rings. The van der Waals surface area contributed by atoms with Gasteiger partial charge in [0.25, 0.3) is 0 Å². The quantitative estimate of drug-likeness (QED) is 0.595. The minimum absolute atomic E-state index is 0.0431. The van der Waals surface area contributed by atoms with Crippen LogP contribution in [0.2, 0.25) is 0 Å². The van der Waals surface area contributed by atoms with Crippen LogP contribution in [0.15, 0.2) is 0 Å². The SMILES string of the molecule is CCONC(C)C(=O)NC(C)C. The Hall–Kier alpha value is -0.610.